The first-order chi connectivity index (χ1) is 15.8. The van der Waals surface area contributed by atoms with Gasteiger partial charge in [0.25, 0.3) is 5.91 Å². The molecule has 0 spiro atoms. The SMILES string of the molecule is CNC(=O)c1c(-c2ccc(F)cc2)oc2cc(N(C)C(C)=N)c(-c3ccc(OC)cc3)cc12. The lowest BCUT2D eigenvalue weighted by atomic mass is 9.98. The largest absolute Gasteiger partial charge is 0.497 e. The number of hydrogen-bond donors (Lipinski definition) is 2. The Morgan fingerprint density at radius 3 is 2.27 bits per heavy atom. The molecule has 1 heterocycles. The summed E-state index contributed by atoms with van der Waals surface area (Å²) in [6.45, 7) is 1.70. The van der Waals surface area contributed by atoms with Crippen molar-refractivity contribution < 1.29 is 18.3 Å². The fraction of sp³-hybridized carbons (Fsp3) is 0.154. The zero-order valence-electron chi connectivity index (χ0n) is 18.8. The molecule has 0 aliphatic rings. The third kappa shape index (κ3) is 4.05. The minimum absolute atomic E-state index is 0.307. The first-order valence-corrected chi connectivity index (χ1v) is 10.4. The summed E-state index contributed by atoms with van der Waals surface area (Å²) in [5.74, 6) is 0.755. The maximum absolute atomic E-state index is 13.5. The molecular weight excluding hydrogens is 421 g/mol. The number of halogens is 1. The predicted molar refractivity (Wildman–Crippen MR) is 129 cm³/mol. The second-order valence-corrected chi connectivity index (χ2v) is 7.63. The number of amidine groups is 1. The predicted octanol–water partition coefficient (Wildman–Crippen LogP) is 5.71. The molecule has 0 radical (unpaired) electrons. The number of fused-ring (bicyclic) bond motifs is 1. The number of nitrogens with zero attached hydrogens (tertiary/aromatic N) is 1. The number of furan rings is 1. The van der Waals surface area contributed by atoms with Crippen LogP contribution < -0.4 is 15.0 Å². The second kappa shape index (κ2) is 8.78. The summed E-state index contributed by atoms with van der Waals surface area (Å²) in [6.07, 6.45) is 0. The van der Waals surface area contributed by atoms with Gasteiger partial charge in [-0.15, -0.1) is 0 Å². The Hall–Kier alpha value is -4.13. The fourth-order valence-corrected chi connectivity index (χ4v) is 3.75. The van der Waals surface area contributed by atoms with Crippen LogP contribution in [0.2, 0.25) is 0 Å². The molecule has 0 atom stereocenters. The molecule has 33 heavy (non-hydrogen) atoms. The minimum Gasteiger partial charge on any atom is -0.497 e. The van der Waals surface area contributed by atoms with E-state index in [0.29, 0.717) is 33.7 Å². The van der Waals surface area contributed by atoms with Crippen molar-refractivity contribution in [1.29, 1.82) is 5.41 Å². The van der Waals surface area contributed by atoms with E-state index in [1.807, 2.05) is 36.4 Å². The van der Waals surface area contributed by atoms with Crippen molar-refractivity contribution in [3.8, 4) is 28.2 Å². The van der Waals surface area contributed by atoms with Crippen molar-refractivity contribution >= 4 is 28.4 Å². The van der Waals surface area contributed by atoms with Gasteiger partial charge >= 0.3 is 0 Å². The van der Waals surface area contributed by atoms with Crippen molar-refractivity contribution in [2.24, 2.45) is 0 Å². The molecule has 0 bridgehead atoms. The zero-order valence-corrected chi connectivity index (χ0v) is 18.8. The summed E-state index contributed by atoms with van der Waals surface area (Å²) in [4.78, 5) is 14.7. The van der Waals surface area contributed by atoms with Crippen LogP contribution in [0.1, 0.15) is 17.3 Å². The molecular formula is C26H24FN3O3. The average molecular weight is 445 g/mol. The molecule has 0 fully saturated rings. The van der Waals surface area contributed by atoms with E-state index in [4.69, 9.17) is 14.6 Å². The number of methoxy groups -OCH3 is 1. The number of amides is 1. The maximum atomic E-state index is 13.5. The van der Waals surface area contributed by atoms with Gasteiger partial charge in [0.1, 0.15) is 22.9 Å². The van der Waals surface area contributed by atoms with Crippen LogP contribution in [0.25, 0.3) is 33.4 Å². The summed E-state index contributed by atoms with van der Waals surface area (Å²) >= 11 is 0. The van der Waals surface area contributed by atoms with E-state index in [1.54, 1.807) is 45.2 Å². The summed E-state index contributed by atoms with van der Waals surface area (Å²) in [6, 6.07) is 17.1. The number of rotatable bonds is 5. The van der Waals surface area contributed by atoms with Gasteiger partial charge in [-0.05, 0) is 55.0 Å². The van der Waals surface area contributed by atoms with Crippen LogP contribution in [0, 0.1) is 11.2 Å². The summed E-state index contributed by atoms with van der Waals surface area (Å²) < 4.78 is 24.9. The Labute approximate surface area is 191 Å². The highest BCUT2D eigenvalue weighted by Crippen LogP contribution is 2.41. The number of benzene rings is 3. The van der Waals surface area contributed by atoms with Gasteiger partial charge in [-0.2, -0.15) is 0 Å². The Bertz CT molecular complexity index is 1340. The van der Waals surface area contributed by atoms with Gasteiger partial charge in [-0.1, -0.05) is 12.1 Å². The van der Waals surface area contributed by atoms with Crippen LogP contribution in [0.15, 0.2) is 65.1 Å². The summed E-state index contributed by atoms with van der Waals surface area (Å²) in [5, 5.41) is 11.4. The van der Waals surface area contributed by atoms with Crippen LogP contribution in [0.4, 0.5) is 10.1 Å². The van der Waals surface area contributed by atoms with Crippen LogP contribution >= 0.6 is 0 Å². The van der Waals surface area contributed by atoms with E-state index in [1.165, 1.54) is 12.1 Å². The molecule has 0 saturated heterocycles. The fourth-order valence-electron chi connectivity index (χ4n) is 3.75. The van der Waals surface area contributed by atoms with Crippen LogP contribution in [-0.2, 0) is 0 Å². The highest BCUT2D eigenvalue weighted by molar-refractivity contribution is 6.13. The van der Waals surface area contributed by atoms with Crippen molar-refractivity contribution in [2.45, 2.75) is 6.92 Å². The molecule has 3 aromatic carbocycles. The van der Waals surface area contributed by atoms with Crippen molar-refractivity contribution in [1.82, 2.24) is 5.32 Å². The van der Waals surface area contributed by atoms with Crippen molar-refractivity contribution in [3.05, 3.63) is 72.0 Å². The Balaban J connectivity index is 2.03. The van der Waals surface area contributed by atoms with E-state index in [2.05, 4.69) is 5.32 Å². The van der Waals surface area contributed by atoms with Gasteiger partial charge in [-0.3, -0.25) is 10.2 Å². The average Bonchev–Trinajstić information content (AvgIpc) is 3.21. The van der Waals surface area contributed by atoms with Gasteiger partial charge in [0.2, 0.25) is 0 Å². The van der Waals surface area contributed by atoms with E-state index in [-0.39, 0.29) is 11.7 Å². The number of hydrogen-bond acceptors (Lipinski definition) is 4. The van der Waals surface area contributed by atoms with Crippen LogP contribution in [-0.4, -0.2) is 32.9 Å². The molecule has 6 nitrogen and oxygen atoms in total. The monoisotopic (exact) mass is 445 g/mol. The standard InChI is InChI=1S/C26H24FN3O3/c1-15(28)30(3)22-14-23-21(13-20(22)16-7-11-19(32-4)12-8-16)24(26(31)29-2)25(33-23)17-5-9-18(27)10-6-17/h5-14,28H,1-4H3,(H,29,31). The highest BCUT2D eigenvalue weighted by Gasteiger charge is 2.24. The summed E-state index contributed by atoms with van der Waals surface area (Å²) in [7, 11) is 4.97. The maximum Gasteiger partial charge on any atom is 0.255 e. The topological polar surface area (TPSA) is 78.6 Å². The molecule has 4 aromatic rings. The molecule has 4 rings (SSSR count). The minimum atomic E-state index is -0.372. The first-order valence-electron chi connectivity index (χ1n) is 10.4. The molecule has 0 aliphatic carbocycles. The van der Waals surface area contributed by atoms with Gasteiger partial charge in [-0.25, -0.2) is 4.39 Å². The van der Waals surface area contributed by atoms with Gasteiger partial charge < -0.3 is 19.4 Å². The lowest BCUT2D eigenvalue weighted by Crippen LogP contribution is -2.23. The third-order valence-electron chi connectivity index (χ3n) is 5.63. The summed E-state index contributed by atoms with van der Waals surface area (Å²) in [5.41, 5.74) is 3.94. The first kappa shape index (κ1) is 22.1. The van der Waals surface area contributed by atoms with E-state index >= 15 is 0 Å². The highest BCUT2D eigenvalue weighted by atomic mass is 19.1. The van der Waals surface area contributed by atoms with E-state index < -0.39 is 0 Å². The van der Waals surface area contributed by atoms with Crippen molar-refractivity contribution in [2.75, 3.05) is 26.1 Å². The molecule has 0 aliphatic heterocycles. The lowest BCUT2D eigenvalue weighted by Gasteiger charge is -2.21. The second-order valence-electron chi connectivity index (χ2n) is 7.63. The number of anilines is 1. The van der Waals surface area contributed by atoms with E-state index in [0.717, 1.165) is 22.6 Å². The molecule has 7 heteroatoms. The number of carbonyl (C=O) groups excluding carboxylic acids is 1. The quantitative estimate of drug-likeness (QED) is 0.305. The Morgan fingerprint density at radius 2 is 1.70 bits per heavy atom. The molecule has 0 saturated carbocycles. The molecule has 1 aromatic heterocycles. The molecule has 1 amide bonds. The van der Waals surface area contributed by atoms with Crippen molar-refractivity contribution in [3.63, 3.8) is 0 Å². The van der Waals surface area contributed by atoms with Crippen LogP contribution in [0.5, 0.6) is 5.75 Å². The zero-order chi connectivity index (χ0) is 23.7. The number of ether oxygens (including phenoxy) is 1. The Kier molecular flexibility index (Phi) is 5.87. The number of carbonyl (C=O) groups is 1. The third-order valence-corrected chi connectivity index (χ3v) is 5.63. The van der Waals surface area contributed by atoms with Gasteiger partial charge in [0.05, 0.1) is 24.2 Å². The molecule has 0 unspecified atom stereocenters. The lowest BCUT2D eigenvalue weighted by molar-refractivity contribution is 0.0964. The van der Waals surface area contributed by atoms with Gasteiger partial charge in [0.15, 0.2) is 0 Å². The van der Waals surface area contributed by atoms with Gasteiger partial charge in [0, 0.05) is 36.7 Å². The molecule has 168 valence electrons. The number of nitrogens with one attached hydrogen (secondary N) is 2. The smallest absolute Gasteiger partial charge is 0.255 e. The van der Waals surface area contributed by atoms with E-state index in [9.17, 15) is 9.18 Å². The molecule has 2 N–H and O–H groups in total. The van der Waals surface area contributed by atoms with Crippen LogP contribution in [0.3, 0.4) is 0 Å². The normalized spacial score (nSPS) is 10.8. The Morgan fingerprint density at radius 1 is 1.06 bits per heavy atom.